The van der Waals surface area contributed by atoms with Gasteiger partial charge in [0.2, 0.25) is 0 Å². The van der Waals surface area contributed by atoms with Crippen molar-refractivity contribution in [1.82, 2.24) is 10.2 Å². The lowest BCUT2D eigenvalue weighted by Crippen LogP contribution is -2.41. The lowest BCUT2D eigenvalue weighted by Gasteiger charge is -2.25. The molecule has 0 unspecified atom stereocenters. The molecule has 29 heavy (non-hydrogen) atoms. The van der Waals surface area contributed by atoms with Gasteiger partial charge < -0.3 is 14.8 Å². The third kappa shape index (κ3) is 3.22. The van der Waals surface area contributed by atoms with E-state index in [1.807, 2.05) is 26.0 Å². The molecule has 7 nitrogen and oxygen atoms in total. The topological polar surface area (TPSA) is 84.9 Å². The number of hydrogen-bond acceptors (Lipinski definition) is 5. The minimum Gasteiger partial charge on any atom is -0.486 e. The molecule has 0 aromatic heterocycles. The highest BCUT2D eigenvalue weighted by Gasteiger charge is 2.49. The monoisotopic (exact) mass is 394 g/mol. The van der Waals surface area contributed by atoms with Crippen LogP contribution >= 0.6 is 0 Å². The van der Waals surface area contributed by atoms with Crippen LogP contribution in [0.2, 0.25) is 0 Å². The zero-order valence-electron chi connectivity index (χ0n) is 16.6. The Morgan fingerprint density at radius 3 is 2.52 bits per heavy atom. The number of ketones is 1. The number of nitrogens with zero attached hydrogens (tertiary/aromatic N) is 1. The molecule has 2 aromatic carbocycles. The number of carbonyl (C=O) groups excluding carboxylic acids is 3. The molecule has 4 rings (SSSR count). The smallest absolute Gasteiger partial charge is 0.325 e. The molecule has 0 saturated carbocycles. The second-order valence-electron chi connectivity index (χ2n) is 7.55. The highest BCUT2D eigenvalue weighted by molar-refractivity contribution is 6.11. The Bertz CT molecular complexity index is 1030. The van der Waals surface area contributed by atoms with Crippen molar-refractivity contribution in [2.24, 2.45) is 0 Å². The Kier molecular flexibility index (Phi) is 4.53. The maximum Gasteiger partial charge on any atom is 0.325 e. The third-order valence-corrected chi connectivity index (χ3v) is 5.38. The summed E-state index contributed by atoms with van der Waals surface area (Å²) in [5.41, 5.74) is 1.65. The first-order valence-corrected chi connectivity index (χ1v) is 9.44. The van der Waals surface area contributed by atoms with Gasteiger partial charge >= 0.3 is 6.03 Å². The molecule has 1 fully saturated rings. The summed E-state index contributed by atoms with van der Waals surface area (Å²) >= 11 is 0. The standard InChI is InChI=1S/C22H22N2O5/c1-13-4-6-16(14(2)10-13)17(25)12-24-20(26)22(3,23-21(24)27)15-5-7-18-19(11-15)29-9-8-28-18/h4-7,10-11H,8-9,12H2,1-3H3,(H,23,27)/t22-/m0/s1. The quantitative estimate of drug-likeness (QED) is 0.637. The predicted molar refractivity (Wildman–Crippen MR) is 105 cm³/mol. The summed E-state index contributed by atoms with van der Waals surface area (Å²) in [6.07, 6.45) is 0. The van der Waals surface area contributed by atoms with E-state index in [1.165, 1.54) is 0 Å². The fraction of sp³-hybridized carbons (Fsp3) is 0.318. The van der Waals surface area contributed by atoms with E-state index in [4.69, 9.17) is 9.47 Å². The molecule has 3 amide bonds. The van der Waals surface area contributed by atoms with E-state index in [0.717, 1.165) is 16.0 Å². The minimum atomic E-state index is -1.28. The minimum absolute atomic E-state index is 0.280. The number of imide groups is 1. The maximum absolute atomic E-state index is 13.1. The van der Waals surface area contributed by atoms with Crippen LogP contribution in [0.3, 0.4) is 0 Å². The van der Waals surface area contributed by atoms with Gasteiger partial charge in [-0.1, -0.05) is 29.8 Å². The average Bonchev–Trinajstić information content (AvgIpc) is 2.91. The molecular formula is C22H22N2O5. The largest absolute Gasteiger partial charge is 0.486 e. The Balaban J connectivity index is 1.59. The average molecular weight is 394 g/mol. The zero-order valence-corrected chi connectivity index (χ0v) is 16.6. The number of nitrogens with one attached hydrogen (secondary N) is 1. The molecule has 0 bridgehead atoms. The van der Waals surface area contributed by atoms with Gasteiger partial charge in [-0.2, -0.15) is 0 Å². The lowest BCUT2D eigenvalue weighted by atomic mass is 9.91. The molecule has 7 heteroatoms. The van der Waals surface area contributed by atoms with Crippen LogP contribution in [0.5, 0.6) is 11.5 Å². The number of amides is 3. The van der Waals surface area contributed by atoms with Crippen molar-refractivity contribution in [2.45, 2.75) is 26.3 Å². The Hall–Kier alpha value is -3.35. The van der Waals surface area contributed by atoms with Gasteiger partial charge in [0.1, 0.15) is 18.8 Å². The SMILES string of the molecule is Cc1ccc(C(=O)CN2C(=O)N[C@@](C)(c3ccc4c(c3)OCCO4)C2=O)c(C)c1. The number of benzene rings is 2. The Morgan fingerprint density at radius 1 is 1.07 bits per heavy atom. The van der Waals surface area contributed by atoms with E-state index in [9.17, 15) is 14.4 Å². The fourth-order valence-corrected chi connectivity index (χ4v) is 3.75. The van der Waals surface area contributed by atoms with Crippen LogP contribution in [0, 0.1) is 13.8 Å². The Morgan fingerprint density at radius 2 is 1.79 bits per heavy atom. The van der Waals surface area contributed by atoms with Crippen LogP contribution in [0.25, 0.3) is 0 Å². The molecule has 0 spiro atoms. The summed E-state index contributed by atoms with van der Waals surface area (Å²) in [4.78, 5) is 39.4. The molecule has 1 atom stereocenters. The maximum atomic E-state index is 13.1. The summed E-state index contributed by atoms with van der Waals surface area (Å²) in [6.45, 7) is 5.98. The van der Waals surface area contributed by atoms with Crippen LogP contribution in [-0.4, -0.2) is 42.4 Å². The number of fused-ring (bicyclic) bond motifs is 1. The molecule has 1 N–H and O–H groups in total. The van der Waals surface area contributed by atoms with Crippen LogP contribution in [0.1, 0.15) is 34.0 Å². The van der Waals surface area contributed by atoms with Crippen molar-refractivity contribution in [3.63, 3.8) is 0 Å². The molecule has 2 aromatic rings. The Labute approximate surface area is 168 Å². The number of ether oxygens (including phenoxy) is 2. The summed E-state index contributed by atoms with van der Waals surface area (Å²) in [7, 11) is 0. The van der Waals surface area contributed by atoms with Crippen molar-refractivity contribution < 1.29 is 23.9 Å². The molecule has 2 aliphatic rings. The van der Waals surface area contributed by atoms with Gasteiger partial charge in [0, 0.05) is 5.56 Å². The number of Topliss-reactive ketones (excluding diaryl/α,β-unsaturated/α-hetero) is 1. The van der Waals surface area contributed by atoms with Gasteiger partial charge in [0.25, 0.3) is 5.91 Å². The van der Waals surface area contributed by atoms with Gasteiger partial charge in [0.05, 0.1) is 6.54 Å². The van der Waals surface area contributed by atoms with Crippen LogP contribution in [0.4, 0.5) is 4.79 Å². The number of rotatable bonds is 4. The number of hydrogen-bond donors (Lipinski definition) is 1. The number of aryl methyl sites for hydroxylation is 2. The molecular weight excluding hydrogens is 372 g/mol. The first kappa shape index (κ1) is 19.0. The molecule has 1 saturated heterocycles. The van der Waals surface area contributed by atoms with Crippen molar-refractivity contribution in [1.29, 1.82) is 0 Å². The van der Waals surface area contributed by atoms with Gasteiger partial charge in [-0.3, -0.25) is 14.5 Å². The second-order valence-corrected chi connectivity index (χ2v) is 7.55. The summed E-state index contributed by atoms with van der Waals surface area (Å²) in [5, 5.41) is 2.72. The van der Waals surface area contributed by atoms with E-state index in [2.05, 4.69) is 5.32 Å². The van der Waals surface area contributed by atoms with Crippen LogP contribution < -0.4 is 14.8 Å². The van der Waals surface area contributed by atoms with Crippen molar-refractivity contribution in [3.8, 4) is 11.5 Å². The summed E-state index contributed by atoms with van der Waals surface area (Å²) in [6, 6.07) is 10.0. The van der Waals surface area contributed by atoms with E-state index < -0.39 is 17.5 Å². The molecule has 2 heterocycles. The highest BCUT2D eigenvalue weighted by Crippen LogP contribution is 2.36. The molecule has 0 aliphatic carbocycles. The highest BCUT2D eigenvalue weighted by atomic mass is 16.6. The van der Waals surface area contributed by atoms with E-state index in [-0.39, 0.29) is 12.3 Å². The first-order valence-electron chi connectivity index (χ1n) is 9.44. The number of urea groups is 1. The van der Waals surface area contributed by atoms with Gasteiger partial charge in [-0.15, -0.1) is 0 Å². The molecule has 0 radical (unpaired) electrons. The second kappa shape index (κ2) is 6.92. The number of carbonyl (C=O) groups is 3. The zero-order chi connectivity index (χ0) is 20.8. The molecule has 2 aliphatic heterocycles. The predicted octanol–water partition coefficient (Wildman–Crippen LogP) is 2.72. The third-order valence-electron chi connectivity index (χ3n) is 5.38. The van der Waals surface area contributed by atoms with Crippen LogP contribution in [-0.2, 0) is 10.3 Å². The van der Waals surface area contributed by atoms with E-state index in [1.54, 1.807) is 31.2 Å². The summed E-state index contributed by atoms with van der Waals surface area (Å²) in [5.74, 6) is 0.374. The summed E-state index contributed by atoms with van der Waals surface area (Å²) < 4.78 is 11.1. The van der Waals surface area contributed by atoms with Crippen LogP contribution in [0.15, 0.2) is 36.4 Å². The first-order chi connectivity index (χ1) is 13.8. The van der Waals surface area contributed by atoms with E-state index in [0.29, 0.717) is 35.8 Å². The van der Waals surface area contributed by atoms with Crippen molar-refractivity contribution in [3.05, 3.63) is 58.7 Å². The van der Waals surface area contributed by atoms with Crippen molar-refractivity contribution >= 4 is 17.7 Å². The fourth-order valence-electron chi connectivity index (χ4n) is 3.75. The van der Waals surface area contributed by atoms with Crippen molar-refractivity contribution in [2.75, 3.05) is 19.8 Å². The van der Waals surface area contributed by atoms with Gasteiger partial charge in [0.15, 0.2) is 17.3 Å². The van der Waals surface area contributed by atoms with Gasteiger partial charge in [-0.25, -0.2) is 4.79 Å². The lowest BCUT2D eigenvalue weighted by molar-refractivity contribution is -0.130. The normalized spacial score (nSPS) is 20.6. The molecule has 150 valence electrons. The van der Waals surface area contributed by atoms with E-state index >= 15 is 0 Å². The van der Waals surface area contributed by atoms with Gasteiger partial charge in [-0.05, 0) is 44.0 Å².